The van der Waals surface area contributed by atoms with Crippen LogP contribution in [0.3, 0.4) is 0 Å². The van der Waals surface area contributed by atoms with Gasteiger partial charge in [0.05, 0.1) is 6.54 Å². The van der Waals surface area contributed by atoms with Crippen molar-refractivity contribution in [1.82, 2.24) is 9.88 Å². The van der Waals surface area contributed by atoms with Crippen LogP contribution in [0.4, 0.5) is 0 Å². The molecule has 1 heterocycles. The van der Waals surface area contributed by atoms with Crippen molar-refractivity contribution in [2.24, 2.45) is 0 Å². The van der Waals surface area contributed by atoms with Crippen LogP contribution >= 0.6 is 11.6 Å². The molecule has 0 radical (unpaired) electrons. The summed E-state index contributed by atoms with van der Waals surface area (Å²) in [5.74, 6) is 0.610. The van der Waals surface area contributed by atoms with E-state index in [2.05, 4.69) is 4.98 Å². The smallest absolute Gasteiger partial charge is 0.272 e. The fourth-order valence-electron chi connectivity index (χ4n) is 1.62. The summed E-state index contributed by atoms with van der Waals surface area (Å²) >= 11 is 5.79. The summed E-state index contributed by atoms with van der Waals surface area (Å²) in [5, 5.41) is 0.666. The fourth-order valence-corrected chi connectivity index (χ4v) is 1.74. The molecule has 2 aromatic rings. The Morgan fingerprint density at radius 2 is 2.00 bits per heavy atom. The molecule has 0 aliphatic carbocycles. The highest BCUT2D eigenvalue weighted by Gasteiger charge is 2.12. The lowest BCUT2D eigenvalue weighted by Crippen LogP contribution is -2.31. The summed E-state index contributed by atoms with van der Waals surface area (Å²) in [4.78, 5) is 17.6. The number of likely N-dealkylation sites (N-methyl/N-ethyl adjacent to an activating group) is 1. The van der Waals surface area contributed by atoms with Crippen LogP contribution in [-0.4, -0.2) is 36.0 Å². The van der Waals surface area contributed by atoms with E-state index >= 15 is 0 Å². The molecule has 4 nitrogen and oxygen atoms in total. The molecular formula is C15H15ClN2O2. The zero-order valence-electron chi connectivity index (χ0n) is 11.1. The van der Waals surface area contributed by atoms with Gasteiger partial charge in [-0.15, -0.1) is 0 Å². The molecule has 20 heavy (non-hydrogen) atoms. The van der Waals surface area contributed by atoms with Crippen LogP contribution < -0.4 is 4.74 Å². The lowest BCUT2D eigenvalue weighted by molar-refractivity contribution is 0.0768. The van der Waals surface area contributed by atoms with E-state index in [0.717, 1.165) is 5.75 Å². The molecule has 0 fully saturated rings. The van der Waals surface area contributed by atoms with Gasteiger partial charge in [-0.05, 0) is 36.4 Å². The first-order valence-electron chi connectivity index (χ1n) is 6.21. The molecular weight excluding hydrogens is 276 g/mol. The number of hydrogen-bond donors (Lipinski definition) is 0. The minimum Gasteiger partial charge on any atom is -0.492 e. The van der Waals surface area contributed by atoms with Crippen LogP contribution in [0.25, 0.3) is 0 Å². The van der Waals surface area contributed by atoms with Crippen molar-refractivity contribution in [2.45, 2.75) is 0 Å². The normalized spacial score (nSPS) is 10.1. The molecule has 0 N–H and O–H groups in total. The molecule has 0 bridgehead atoms. The van der Waals surface area contributed by atoms with E-state index in [4.69, 9.17) is 16.3 Å². The first-order valence-corrected chi connectivity index (χ1v) is 6.59. The van der Waals surface area contributed by atoms with Crippen LogP contribution in [0.15, 0.2) is 48.7 Å². The van der Waals surface area contributed by atoms with E-state index in [1.165, 1.54) is 0 Å². The third-order valence-electron chi connectivity index (χ3n) is 2.74. The number of rotatable bonds is 5. The number of benzene rings is 1. The first kappa shape index (κ1) is 14.3. The van der Waals surface area contributed by atoms with Crippen molar-refractivity contribution >= 4 is 17.5 Å². The number of ether oxygens (including phenoxy) is 1. The van der Waals surface area contributed by atoms with Crippen molar-refractivity contribution in [1.29, 1.82) is 0 Å². The van der Waals surface area contributed by atoms with Crippen molar-refractivity contribution < 1.29 is 9.53 Å². The first-order chi connectivity index (χ1) is 9.66. The minimum absolute atomic E-state index is 0.120. The van der Waals surface area contributed by atoms with Crippen LogP contribution in [-0.2, 0) is 0 Å². The second-order valence-corrected chi connectivity index (χ2v) is 4.68. The summed E-state index contributed by atoms with van der Waals surface area (Å²) in [7, 11) is 1.72. The van der Waals surface area contributed by atoms with Gasteiger partial charge in [-0.25, -0.2) is 0 Å². The lowest BCUT2D eigenvalue weighted by atomic mass is 10.3. The number of carbonyl (C=O) groups excluding carboxylic acids is 1. The summed E-state index contributed by atoms with van der Waals surface area (Å²) in [6.07, 6.45) is 1.60. The summed E-state index contributed by atoms with van der Waals surface area (Å²) in [6, 6.07) is 12.4. The maximum atomic E-state index is 12.0. The Morgan fingerprint density at radius 3 is 2.65 bits per heavy atom. The predicted octanol–water partition coefficient (Wildman–Crippen LogP) is 2.89. The van der Waals surface area contributed by atoms with Crippen LogP contribution in [0.1, 0.15) is 10.5 Å². The second kappa shape index (κ2) is 6.91. The summed E-state index contributed by atoms with van der Waals surface area (Å²) < 4.78 is 5.54. The molecule has 0 saturated heterocycles. The maximum Gasteiger partial charge on any atom is 0.272 e. The standard InChI is InChI=1S/C15H15ClN2O2/c1-18(15(19)14-4-2-3-9-17-14)10-11-20-13-7-5-12(16)6-8-13/h2-9H,10-11H2,1H3. The molecule has 1 amide bonds. The third-order valence-corrected chi connectivity index (χ3v) is 2.99. The highest BCUT2D eigenvalue weighted by atomic mass is 35.5. The van der Waals surface area contributed by atoms with Crippen molar-refractivity contribution in [3.63, 3.8) is 0 Å². The van der Waals surface area contributed by atoms with Gasteiger partial charge >= 0.3 is 0 Å². The Hall–Kier alpha value is -2.07. The summed E-state index contributed by atoms with van der Waals surface area (Å²) in [5.41, 5.74) is 0.432. The second-order valence-electron chi connectivity index (χ2n) is 4.24. The highest BCUT2D eigenvalue weighted by molar-refractivity contribution is 6.30. The van der Waals surface area contributed by atoms with E-state index in [-0.39, 0.29) is 5.91 Å². The number of hydrogen-bond acceptors (Lipinski definition) is 3. The van der Waals surface area contributed by atoms with Crippen molar-refractivity contribution in [3.8, 4) is 5.75 Å². The van der Waals surface area contributed by atoms with E-state index in [1.807, 2.05) is 0 Å². The Balaban J connectivity index is 1.82. The Morgan fingerprint density at radius 1 is 1.25 bits per heavy atom. The van der Waals surface area contributed by atoms with Crippen molar-refractivity contribution in [3.05, 3.63) is 59.4 Å². The molecule has 0 aliphatic rings. The molecule has 104 valence electrons. The zero-order valence-corrected chi connectivity index (χ0v) is 11.9. The monoisotopic (exact) mass is 290 g/mol. The third kappa shape index (κ3) is 3.96. The lowest BCUT2D eigenvalue weighted by Gasteiger charge is -2.17. The topological polar surface area (TPSA) is 42.4 Å². The van der Waals surface area contributed by atoms with Gasteiger partial charge in [0.25, 0.3) is 5.91 Å². The Bertz CT molecular complexity index is 558. The average molecular weight is 291 g/mol. The zero-order chi connectivity index (χ0) is 14.4. The van der Waals surface area contributed by atoms with Gasteiger partial charge in [0.2, 0.25) is 0 Å². The maximum absolute atomic E-state index is 12.0. The van der Waals surface area contributed by atoms with E-state index < -0.39 is 0 Å². The molecule has 0 atom stereocenters. The fraction of sp³-hybridized carbons (Fsp3) is 0.200. The number of carbonyl (C=O) groups is 1. The molecule has 0 spiro atoms. The van der Waals surface area contributed by atoms with Gasteiger partial charge in [0.15, 0.2) is 0 Å². The largest absolute Gasteiger partial charge is 0.492 e. The van der Waals surface area contributed by atoms with Gasteiger partial charge in [0.1, 0.15) is 18.1 Å². The Labute approximate surface area is 123 Å². The van der Waals surface area contributed by atoms with Crippen molar-refractivity contribution in [2.75, 3.05) is 20.2 Å². The molecule has 1 aromatic heterocycles. The Kier molecular flexibility index (Phi) is 4.96. The van der Waals surface area contributed by atoms with E-state index in [1.54, 1.807) is 60.6 Å². The molecule has 0 saturated carbocycles. The van der Waals surface area contributed by atoms with Gasteiger partial charge in [-0.1, -0.05) is 17.7 Å². The van der Waals surface area contributed by atoms with Gasteiger partial charge in [-0.2, -0.15) is 0 Å². The SMILES string of the molecule is CN(CCOc1ccc(Cl)cc1)C(=O)c1ccccn1. The number of halogens is 1. The number of nitrogens with zero attached hydrogens (tertiary/aromatic N) is 2. The van der Waals surface area contributed by atoms with Crippen LogP contribution in [0.5, 0.6) is 5.75 Å². The number of pyridine rings is 1. The molecule has 0 unspecified atom stereocenters. The molecule has 2 rings (SSSR count). The quantitative estimate of drug-likeness (QED) is 0.850. The number of aromatic nitrogens is 1. The van der Waals surface area contributed by atoms with Crippen LogP contribution in [0, 0.1) is 0 Å². The molecule has 5 heteroatoms. The summed E-state index contributed by atoms with van der Waals surface area (Å²) in [6.45, 7) is 0.898. The van der Waals surface area contributed by atoms with E-state index in [0.29, 0.717) is 23.9 Å². The molecule has 0 aliphatic heterocycles. The minimum atomic E-state index is -0.120. The highest BCUT2D eigenvalue weighted by Crippen LogP contribution is 2.15. The van der Waals surface area contributed by atoms with Gasteiger partial charge in [0, 0.05) is 18.3 Å². The van der Waals surface area contributed by atoms with Gasteiger partial charge in [-0.3, -0.25) is 9.78 Å². The van der Waals surface area contributed by atoms with Crippen LogP contribution in [0.2, 0.25) is 5.02 Å². The van der Waals surface area contributed by atoms with E-state index in [9.17, 15) is 4.79 Å². The number of amides is 1. The average Bonchev–Trinajstić information content (AvgIpc) is 2.49. The van der Waals surface area contributed by atoms with Gasteiger partial charge < -0.3 is 9.64 Å². The molecule has 1 aromatic carbocycles. The predicted molar refractivity (Wildman–Crippen MR) is 78.1 cm³/mol.